The molecule has 0 bridgehead atoms. The Labute approximate surface area is 119 Å². The van der Waals surface area contributed by atoms with E-state index < -0.39 is 24.4 Å². The number of aliphatic hydroxyl groups is 4. The first-order chi connectivity index (χ1) is 9.54. The number of β-amino-alcohol motifs (C(OH)–C–C–N with tert-alkyl or cyclic N) is 1. The van der Waals surface area contributed by atoms with Crippen LogP contribution >= 0.6 is 0 Å². The molecule has 0 spiro atoms. The zero-order valence-corrected chi connectivity index (χ0v) is 11.7. The molecule has 1 heterocycles. The molecular weight excluding hydrogens is 258 g/mol. The fourth-order valence-corrected chi connectivity index (χ4v) is 2.79. The van der Waals surface area contributed by atoms with Crippen molar-refractivity contribution in [3.63, 3.8) is 0 Å². The Balaban J connectivity index is 2.02. The predicted octanol–water partition coefficient (Wildman–Crippen LogP) is -0.703. The average molecular weight is 281 g/mol. The quantitative estimate of drug-likeness (QED) is 0.586. The summed E-state index contributed by atoms with van der Waals surface area (Å²) in [7, 11) is 0. The van der Waals surface area contributed by atoms with E-state index in [9.17, 15) is 20.4 Å². The van der Waals surface area contributed by atoms with Gasteiger partial charge in [-0.2, -0.15) is 0 Å². The average Bonchev–Trinajstić information content (AvgIpc) is 2.44. The lowest BCUT2D eigenvalue weighted by Gasteiger charge is -2.43. The van der Waals surface area contributed by atoms with Crippen LogP contribution in [0.4, 0.5) is 0 Å². The first-order valence-electron chi connectivity index (χ1n) is 6.98. The number of likely N-dealkylation sites (tertiary alicyclic amines) is 1. The summed E-state index contributed by atoms with van der Waals surface area (Å²) in [5.74, 6) is 0. The normalized spacial score (nSPS) is 31.4. The lowest BCUT2D eigenvalue weighted by molar-refractivity contribution is -0.144. The fourth-order valence-electron chi connectivity index (χ4n) is 2.79. The monoisotopic (exact) mass is 281 g/mol. The Bertz CT molecular complexity index is 440. The minimum Gasteiger partial charge on any atom is -0.395 e. The maximum atomic E-state index is 9.92. The Morgan fingerprint density at radius 1 is 1.15 bits per heavy atom. The van der Waals surface area contributed by atoms with E-state index in [-0.39, 0.29) is 13.2 Å². The lowest BCUT2D eigenvalue weighted by Crippen LogP contribution is -2.62. The maximum Gasteiger partial charge on any atom is 0.109 e. The summed E-state index contributed by atoms with van der Waals surface area (Å²) in [4.78, 5) is 1.84. The highest BCUT2D eigenvalue weighted by Crippen LogP contribution is 2.19. The standard InChI is InChI=1S/C15H23NO4/c1-10-4-2-3-5-11(10)6-7-16-8-13(18)15(20)14(19)12(16)9-17/h2-5,12-15,17-20H,6-9H2,1H3/t12-,13-,14+,15+/m0/s1. The number of hydrogen-bond acceptors (Lipinski definition) is 5. The number of rotatable bonds is 4. The van der Waals surface area contributed by atoms with Crippen molar-refractivity contribution in [2.24, 2.45) is 0 Å². The van der Waals surface area contributed by atoms with Gasteiger partial charge in [-0.25, -0.2) is 0 Å². The van der Waals surface area contributed by atoms with Crippen molar-refractivity contribution < 1.29 is 20.4 Å². The molecule has 5 heteroatoms. The highest BCUT2D eigenvalue weighted by Gasteiger charge is 2.40. The van der Waals surface area contributed by atoms with Crippen LogP contribution in [0.15, 0.2) is 24.3 Å². The second kappa shape index (κ2) is 6.65. The van der Waals surface area contributed by atoms with Crippen molar-refractivity contribution in [2.45, 2.75) is 37.7 Å². The highest BCUT2D eigenvalue weighted by atomic mass is 16.4. The number of nitrogens with zero attached hydrogens (tertiary/aromatic N) is 1. The Kier molecular flexibility index (Phi) is 5.12. The van der Waals surface area contributed by atoms with Crippen molar-refractivity contribution in [1.82, 2.24) is 4.90 Å². The molecular formula is C15H23NO4. The third-order valence-electron chi connectivity index (χ3n) is 4.15. The molecule has 1 aromatic rings. The molecule has 0 saturated carbocycles. The van der Waals surface area contributed by atoms with E-state index in [1.165, 1.54) is 11.1 Å². The third kappa shape index (κ3) is 3.19. The Hall–Kier alpha value is -0.980. The zero-order chi connectivity index (χ0) is 14.7. The van der Waals surface area contributed by atoms with Crippen LogP contribution in [0.2, 0.25) is 0 Å². The molecule has 0 amide bonds. The summed E-state index contributed by atoms with van der Waals surface area (Å²) in [6.07, 6.45) is -2.52. The fraction of sp³-hybridized carbons (Fsp3) is 0.600. The minimum absolute atomic E-state index is 0.237. The van der Waals surface area contributed by atoms with Gasteiger partial charge in [0.05, 0.1) is 18.8 Å². The number of aryl methyl sites for hydroxylation is 1. The summed E-state index contributed by atoms with van der Waals surface area (Å²) in [5.41, 5.74) is 2.41. The van der Waals surface area contributed by atoms with Crippen molar-refractivity contribution in [1.29, 1.82) is 0 Å². The van der Waals surface area contributed by atoms with Gasteiger partial charge in [0.1, 0.15) is 12.2 Å². The molecule has 0 unspecified atom stereocenters. The summed E-state index contributed by atoms with van der Waals surface area (Å²) in [6, 6.07) is 7.53. The SMILES string of the molecule is Cc1ccccc1CCN1C[C@H](O)[C@@H](O)[C@H](O)[C@@H]1CO. The van der Waals surface area contributed by atoms with Crippen LogP contribution in [-0.4, -0.2) is 69.4 Å². The van der Waals surface area contributed by atoms with Gasteiger partial charge in [-0.3, -0.25) is 4.90 Å². The van der Waals surface area contributed by atoms with Gasteiger partial charge in [0.25, 0.3) is 0 Å². The summed E-state index contributed by atoms with van der Waals surface area (Å²) < 4.78 is 0. The van der Waals surface area contributed by atoms with E-state index in [2.05, 4.69) is 6.07 Å². The second-order valence-electron chi connectivity index (χ2n) is 5.47. The van der Waals surface area contributed by atoms with Gasteiger partial charge >= 0.3 is 0 Å². The molecule has 0 radical (unpaired) electrons. The number of benzene rings is 1. The van der Waals surface area contributed by atoms with Crippen LogP contribution in [-0.2, 0) is 6.42 Å². The maximum absolute atomic E-state index is 9.92. The first-order valence-corrected chi connectivity index (χ1v) is 6.98. The molecule has 2 rings (SSSR count). The molecule has 1 aromatic carbocycles. The molecule has 0 aromatic heterocycles. The lowest BCUT2D eigenvalue weighted by atomic mass is 9.93. The predicted molar refractivity (Wildman–Crippen MR) is 75.4 cm³/mol. The highest BCUT2D eigenvalue weighted by molar-refractivity contribution is 5.25. The van der Waals surface area contributed by atoms with Gasteiger partial charge in [0.2, 0.25) is 0 Å². The Morgan fingerprint density at radius 2 is 1.85 bits per heavy atom. The third-order valence-corrected chi connectivity index (χ3v) is 4.15. The largest absolute Gasteiger partial charge is 0.395 e. The number of piperidine rings is 1. The van der Waals surface area contributed by atoms with Crippen LogP contribution < -0.4 is 0 Å². The van der Waals surface area contributed by atoms with Gasteiger partial charge in [-0.15, -0.1) is 0 Å². The van der Waals surface area contributed by atoms with Crippen molar-refractivity contribution in [3.05, 3.63) is 35.4 Å². The van der Waals surface area contributed by atoms with Crippen LogP contribution in [0.3, 0.4) is 0 Å². The van der Waals surface area contributed by atoms with Crippen molar-refractivity contribution in [3.8, 4) is 0 Å². The summed E-state index contributed by atoms with van der Waals surface area (Å²) in [6.45, 7) is 2.69. The van der Waals surface area contributed by atoms with Crippen LogP contribution in [0.25, 0.3) is 0 Å². The molecule has 4 N–H and O–H groups in total. The molecule has 20 heavy (non-hydrogen) atoms. The van der Waals surface area contributed by atoms with Gasteiger partial charge in [-0.1, -0.05) is 24.3 Å². The van der Waals surface area contributed by atoms with E-state index >= 15 is 0 Å². The van der Waals surface area contributed by atoms with Crippen LogP contribution in [0, 0.1) is 6.92 Å². The van der Waals surface area contributed by atoms with E-state index in [1.54, 1.807) is 0 Å². The van der Waals surface area contributed by atoms with E-state index in [4.69, 9.17) is 0 Å². The van der Waals surface area contributed by atoms with Gasteiger partial charge in [-0.05, 0) is 24.5 Å². The van der Waals surface area contributed by atoms with E-state index in [0.717, 1.165) is 6.42 Å². The summed E-state index contributed by atoms with van der Waals surface area (Å²) >= 11 is 0. The Morgan fingerprint density at radius 3 is 2.50 bits per heavy atom. The number of aliphatic hydroxyl groups excluding tert-OH is 4. The molecule has 1 saturated heterocycles. The first kappa shape index (κ1) is 15.4. The number of hydrogen-bond donors (Lipinski definition) is 4. The van der Waals surface area contributed by atoms with Crippen molar-refractivity contribution >= 4 is 0 Å². The summed E-state index contributed by atoms with van der Waals surface area (Å²) in [5, 5.41) is 38.7. The molecule has 1 fully saturated rings. The van der Waals surface area contributed by atoms with Crippen LogP contribution in [0.5, 0.6) is 0 Å². The van der Waals surface area contributed by atoms with Crippen LogP contribution in [0.1, 0.15) is 11.1 Å². The smallest absolute Gasteiger partial charge is 0.109 e. The zero-order valence-electron chi connectivity index (χ0n) is 11.7. The van der Waals surface area contributed by atoms with Gasteiger partial charge in [0, 0.05) is 13.1 Å². The molecule has 1 aliphatic rings. The van der Waals surface area contributed by atoms with E-state index in [0.29, 0.717) is 6.54 Å². The van der Waals surface area contributed by atoms with Gasteiger partial charge < -0.3 is 20.4 Å². The topological polar surface area (TPSA) is 84.2 Å². The van der Waals surface area contributed by atoms with Crippen molar-refractivity contribution in [2.75, 3.05) is 19.7 Å². The minimum atomic E-state index is -1.19. The molecule has 5 nitrogen and oxygen atoms in total. The second-order valence-corrected chi connectivity index (χ2v) is 5.47. The molecule has 112 valence electrons. The molecule has 1 aliphatic heterocycles. The van der Waals surface area contributed by atoms with E-state index in [1.807, 2.05) is 30.0 Å². The van der Waals surface area contributed by atoms with Gasteiger partial charge in [0.15, 0.2) is 0 Å². The molecule has 4 atom stereocenters. The molecule has 0 aliphatic carbocycles.